The Morgan fingerprint density at radius 3 is 2.33 bits per heavy atom. The van der Waals surface area contributed by atoms with E-state index >= 15 is 0 Å². The van der Waals surface area contributed by atoms with E-state index in [1.54, 1.807) is 6.20 Å². The SMILES string of the molecule is [2H]c1cc2cc(-c3cccnc3)ccc2c(-c2cc(-c3ccccc3)cc(C(C)C)c2C)[n+]1C. The van der Waals surface area contributed by atoms with E-state index in [-0.39, 0.29) is 0 Å². The van der Waals surface area contributed by atoms with Gasteiger partial charge in [0.05, 0.1) is 10.9 Å². The number of fused-ring (bicyclic) bond motifs is 1. The minimum absolute atomic E-state index is 0.398. The van der Waals surface area contributed by atoms with Crippen molar-refractivity contribution in [2.24, 2.45) is 7.05 Å². The van der Waals surface area contributed by atoms with Gasteiger partial charge in [-0.2, -0.15) is 0 Å². The fourth-order valence-electron chi connectivity index (χ4n) is 4.73. The zero-order chi connectivity index (χ0) is 23.8. The first-order chi connectivity index (χ1) is 16.4. The van der Waals surface area contributed by atoms with Crippen molar-refractivity contribution in [3.8, 4) is 33.5 Å². The highest BCUT2D eigenvalue weighted by molar-refractivity contribution is 5.96. The van der Waals surface area contributed by atoms with Crippen molar-refractivity contribution in [2.45, 2.75) is 26.7 Å². The normalized spacial score (nSPS) is 11.7. The number of hydrogen-bond donors (Lipinski definition) is 0. The van der Waals surface area contributed by atoms with E-state index in [0.29, 0.717) is 12.1 Å². The van der Waals surface area contributed by atoms with Crippen LogP contribution in [0.25, 0.3) is 44.3 Å². The molecule has 0 bridgehead atoms. The van der Waals surface area contributed by atoms with Gasteiger partial charge in [-0.1, -0.05) is 62.4 Å². The second-order valence-electron chi connectivity index (χ2n) is 8.98. The molecule has 0 fully saturated rings. The van der Waals surface area contributed by atoms with Crippen LogP contribution in [0.3, 0.4) is 0 Å². The Kier molecular flexibility index (Phi) is 5.20. The van der Waals surface area contributed by atoms with Crippen molar-refractivity contribution in [1.29, 1.82) is 0 Å². The Balaban J connectivity index is 1.80. The Labute approximate surface area is 197 Å². The van der Waals surface area contributed by atoms with Crippen molar-refractivity contribution >= 4 is 10.8 Å². The summed E-state index contributed by atoms with van der Waals surface area (Å²) < 4.78 is 10.8. The van der Waals surface area contributed by atoms with Gasteiger partial charge in [0.1, 0.15) is 8.42 Å². The molecule has 33 heavy (non-hydrogen) atoms. The summed E-state index contributed by atoms with van der Waals surface area (Å²) in [4.78, 5) is 4.27. The smallest absolute Gasteiger partial charge is 0.220 e. The Morgan fingerprint density at radius 1 is 0.818 bits per heavy atom. The monoisotopic (exact) mass is 430 g/mol. The molecule has 5 rings (SSSR count). The quantitative estimate of drug-likeness (QED) is 0.270. The van der Waals surface area contributed by atoms with Gasteiger partial charge in [-0.05, 0) is 70.3 Å². The molecule has 0 unspecified atom stereocenters. The molecule has 3 aromatic carbocycles. The second-order valence-corrected chi connectivity index (χ2v) is 8.98. The first-order valence-corrected chi connectivity index (χ1v) is 11.5. The summed E-state index contributed by atoms with van der Waals surface area (Å²) in [7, 11) is 2.00. The van der Waals surface area contributed by atoms with Gasteiger partial charge in [0.2, 0.25) is 5.69 Å². The minimum atomic E-state index is 0.398. The summed E-state index contributed by atoms with van der Waals surface area (Å²) in [5.74, 6) is 0.398. The molecule has 0 saturated carbocycles. The molecule has 0 radical (unpaired) electrons. The van der Waals surface area contributed by atoms with Crippen LogP contribution in [0.4, 0.5) is 0 Å². The van der Waals surface area contributed by atoms with Crippen molar-refractivity contribution in [2.75, 3.05) is 0 Å². The van der Waals surface area contributed by atoms with Crippen LogP contribution in [0, 0.1) is 6.92 Å². The molecule has 2 heterocycles. The van der Waals surface area contributed by atoms with Crippen LogP contribution in [0.1, 0.15) is 32.3 Å². The molecular formula is C31H29N2+. The molecule has 162 valence electrons. The van der Waals surface area contributed by atoms with Crippen molar-refractivity contribution in [3.05, 3.63) is 109 Å². The van der Waals surface area contributed by atoms with Gasteiger partial charge < -0.3 is 0 Å². The van der Waals surface area contributed by atoms with Crippen LogP contribution in [0.5, 0.6) is 0 Å². The lowest BCUT2D eigenvalue weighted by atomic mass is 9.87. The van der Waals surface area contributed by atoms with Gasteiger partial charge in [0.25, 0.3) is 0 Å². The first-order valence-electron chi connectivity index (χ1n) is 12.0. The summed E-state index contributed by atoms with van der Waals surface area (Å²) in [6.07, 6.45) is 4.16. The summed E-state index contributed by atoms with van der Waals surface area (Å²) in [6.45, 7) is 6.71. The molecule has 2 nitrogen and oxygen atoms in total. The number of rotatable bonds is 4. The topological polar surface area (TPSA) is 16.8 Å². The highest BCUT2D eigenvalue weighted by atomic mass is 14.9. The van der Waals surface area contributed by atoms with E-state index in [4.69, 9.17) is 1.37 Å². The number of benzene rings is 3. The van der Waals surface area contributed by atoms with Crippen molar-refractivity contribution in [3.63, 3.8) is 0 Å². The maximum Gasteiger partial charge on any atom is 0.220 e. The van der Waals surface area contributed by atoms with Crippen molar-refractivity contribution in [1.82, 2.24) is 4.98 Å². The molecule has 0 aliphatic heterocycles. The fraction of sp³-hybridized carbons (Fsp3) is 0.161. The molecular weight excluding hydrogens is 400 g/mol. The van der Waals surface area contributed by atoms with Crippen LogP contribution < -0.4 is 4.57 Å². The first kappa shape index (κ1) is 19.9. The second kappa shape index (κ2) is 8.63. The summed E-state index contributed by atoms with van der Waals surface area (Å²) in [5.41, 5.74) is 9.48. The summed E-state index contributed by atoms with van der Waals surface area (Å²) in [5, 5.41) is 2.21. The number of pyridine rings is 2. The van der Waals surface area contributed by atoms with Crippen molar-refractivity contribution < 1.29 is 5.94 Å². The zero-order valence-corrected chi connectivity index (χ0v) is 19.6. The lowest BCUT2D eigenvalue weighted by Gasteiger charge is -2.17. The Morgan fingerprint density at radius 2 is 1.61 bits per heavy atom. The van der Waals surface area contributed by atoms with Gasteiger partial charge in [0.15, 0.2) is 6.17 Å². The lowest BCUT2D eigenvalue weighted by molar-refractivity contribution is -0.659. The Bertz CT molecular complexity index is 1490. The van der Waals surface area contributed by atoms with E-state index in [1.165, 1.54) is 27.8 Å². The van der Waals surface area contributed by atoms with Gasteiger partial charge in [-0.15, -0.1) is 0 Å². The molecule has 2 aromatic heterocycles. The molecule has 0 aliphatic rings. The maximum absolute atomic E-state index is 8.74. The molecule has 0 aliphatic carbocycles. The van der Waals surface area contributed by atoms with Crippen LogP contribution in [-0.2, 0) is 7.05 Å². The lowest BCUT2D eigenvalue weighted by Crippen LogP contribution is -2.30. The van der Waals surface area contributed by atoms with Gasteiger partial charge in [-0.25, -0.2) is 4.57 Å². The maximum atomic E-state index is 8.74. The summed E-state index contributed by atoms with van der Waals surface area (Å²) >= 11 is 0. The molecule has 2 heteroatoms. The molecule has 5 aromatic rings. The van der Waals surface area contributed by atoms with E-state index in [1.807, 2.05) is 29.9 Å². The standard InChI is InChI=1S/C31H29N2/c1-21(2)29-18-27(23-9-6-5-7-10-23)19-30(22(29)3)31-28-13-12-24(26-11-8-15-32-20-26)17-25(28)14-16-33(31)4/h5-21H,1-4H3/q+1/i16D. The van der Waals surface area contributed by atoms with E-state index in [0.717, 1.165) is 27.6 Å². The van der Waals surface area contributed by atoms with E-state index in [2.05, 4.69) is 92.5 Å². The highest BCUT2D eigenvalue weighted by Crippen LogP contribution is 2.37. The molecule has 0 saturated heterocycles. The van der Waals surface area contributed by atoms with Gasteiger partial charge in [-0.3, -0.25) is 4.98 Å². The molecule has 0 spiro atoms. The average molecular weight is 431 g/mol. The third-order valence-corrected chi connectivity index (χ3v) is 6.48. The average Bonchev–Trinajstić information content (AvgIpc) is 2.86. The molecule has 0 atom stereocenters. The molecule has 0 amide bonds. The summed E-state index contributed by atoms with van der Waals surface area (Å²) in [6, 6.07) is 27.7. The largest absolute Gasteiger partial charge is 0.264 e. The molecule has 0 N–H and O–H groups in total. The minimum Gasteiger partial charge on any atom is -0.264 e. The van der Waals surface area contributed by atoms with E-state index in [9.17, 15) is 0 Å². The third kappa shape index (κ3) is 3.93. The van der Waals surface area contributed by atoms with Gasteiger partial charge in [0, 0.05) is 24.0 Å². The Hall–Kier alpha value is -3.78. The third-order valence-electron chi connectivity index (χ3n) is 6.48. The number of aromatic nitrogens is 2. The van der Waals surface area contributed by atoms with Crippen LogP contribution in [0.15, 0.2) is 97.4 Å². The predicted molar refractivity (Wildman–Crippen MR) is 138 cm³/mol. The highest BCUT2D eigenvalue weighted by Gasteiger charge is 2.21. The number of nitrogens with zero attached hydrogens (tertiary/aromatic N) is 2. The van der Waals surface area contributed by atoms with Crippen LogP contribution in [0.2, 0.25) is 0 Å². The zero-order valence-electron chi connectivity index (χ0n) is 20.6. The number of hydrogen-bond acceptors (Lipinski definition) is 1. The van der Waals surface area contributed by atoms with Gasteiger partial charge >= 0.3 is 0 Å². The van der Waals surface area contributed by atoms with Crippen LogP contribution >= 0.6 is 0 Å². The fourth-order valence-corrected chi connectivity index (χ4v) is 4.73. The van der Waals surface area contributed by atoms with E-state index < -0.39 is 0 Å². The van der Waals surface area contributed by atoms with Crippen LogP contribution in [-0.4, -0.2) is 4.98 Å². The predicted octanol–water partition coefficient (Wildman–Crippen LogP) is 7.49.